The lowest BCUT2D eigenvalue weighted by Gasteiger charge is -2.33. The summed E-state index contributed by atoms with van der Waals surface area (Å²) in [5.41, 5.74) is 4.36. The van der Waals surface area contributed by atoms with Crippen LogP contribution in [0.25, 0.3) is 11.3 Å². The van der Waals surface area contributed by atoms with Gasteiger partial charge < -0.3 is 15.4 Å². The van der Waals surface area contributed by atoms with E-state index in [0.717, 1.165) is 16.7 Å². The van der Waals surface area contributed by atoms with Crippen LogP contribution in [-0.4, -0.2) is 35.7 Å². The summed E-state index contributed by atoms with van der Waals surface area (Å²) in [5.74, 6) is 0.357. The summed E-state index contributed by atoms with van der Waals surface area (Å²) in [5, 5.41) is 6.22. The Labute approximate surface area is 205 Å². The van der Waals surface area contributed by atoms with Crippen molar-refractivity contribution >= 4 is 11.9 Å². The van der Waals surface area contributed by atoms with Gasteiger partial charge in [0.15, 0.2) is 0 Å². The van der Waals surface area contributed by atoms with Crippen LogP contribution in [-0.2, 0) is 29.7 Å². The van der Waals surface area contributed by atoms with Crippen LogP contribution in [0.1, 0.15) is 40.9 Å². The Morgan fingerprint density at radius 3 is 2.71 bits per heavy atom. The third-order valence-electron chi connectivity index (χ3n) is 6.30. The van der Waals surface area contributed by atoms with E-state index in [9.17, 15) is 9.59 Å². The van der Waals surface area contributed by atoms with Crippen LogP contribution in [0.3, 0.4) is 0 Å². The van der Waals surface area contributed by atoms with Gasteiger partial charge in [0, 0.05) is 48.8 Å². The first-order valence-corrected chi connectivity index (χ1v) is 11.8. The number of nitrogens with one attached hydrogen (secondary N) is 2. The predicted molar refractivity (Wildman–Crippen MR) is 139 cm³/mol. The van der Waals surface area contributed by atoms with Gasteiger partial charge in [0.25, 0.3) is 11.5 Å². The Bertz CT molecular complexity index is 1300. The van der Waals surface area contributed by atoms with E-state index in [1.54, 1.807) is 23.8 Å². The van der Waals surface area contributed by atoms with Gasteiger partial charge >= 0.3 is 0 Å². The molecule has 1 amide bonds. The molecule has 0 aliphatic heterocycles. The largest absolute Gasteiger partial charge is 0.383 e. The molecule has 2 aromatic carbocycles. The lowest BCUT2D eigenvalue weighted by Crippen LogP contribution is -2.39. The number of hydrogen-bond acceptors (Lipinski definition) is 5. The molecule has 2 N–H and O–H groups in total. The number of aromatic nitrogens is 2. The Hall–Kier alpha value is -3.71. The number of carbonyl (C=O) groups is 1. The molecule has 7 nitrogen and oxygen atoms in total. The molecule has 7 heteroatoms. The molecule has 4 rings (SSSR count). The monoisotopic (exact) mass is 472 g/mol. The topological polar surface area (TPSA) is 85.2 Å². The number of amides is 1. The zero-order valence-corrected chi connectivity index (χ0v) is 20.6. The van der Waals surface area contributed by atoms with Gasteiger partial charge in [0.2, 0.25) is 5.95 Å². The van der Waals surface area contributed by atoms with Gasteiger partial charge in [0.1, 0.15) is 0 Å². The van der Waals surface area contributed by atoms with Gasteiger partial charge in [-0.05, 0) is 29.7 Å². The Kier molecular flexibility index (Phi) is 7.17. The number of carbonyl (C=O) groups excluding carboxylic acids is 1. The van der Waals surface area contributed by atoms with Crippen LogP contribution in [0.5, 0.6) is 0 Å². The van der Waals surface area contributed by atoms with Crippen molar-refractivity contribution in [3.05, 3.63) is 93.8 Å². The fraction of sp³-hybridized carbons (Fsp3) is 0.321. The summed E-state index contributed by atoms with van der Waals surface area (Å²) in [6.45, 7) is 9.74. The molecule has 182 valence electrons. The summed E-state index contributed by atoms with van der Waals surface area (Å²) in [4.78, 5) is 31.4. The molecule has 0 fully saturated rings. The van der Waals surface area contributed by atoms with Gasteiger partial charge in [-0.2, -0.15) is 0 Å². The van der Waals surface area contributed by atoms with Crippen molar-refractivity contribution in [2.75, 3.05) is 25.6 Å². The second-order valence-electron chi connectivity index (χ2n) is 9.38. The molecule has 1 aliphatic rings. The first-order valence-electron chi connectivity index (χ1n) is 11.8. The fourth-order valence-electron chi connectivity index (χ4n) is 4.61. The van der Waals surface area contributed by atoms with E-state index in [4.69, 9.17) is 9.72 Å². The van der Waals surface area contributed by atoms with E-state index in [2.05, 4.69) is 31.1 Å². The summed E-state index contributed by atoms with van der Waals surface area (Å²) >= 11 is 0. The highest BCUT2D eigenvalue weighted by molar-refractivity contribution is 5.95. The first kappa shape index (κ1) is 24.4. The second-order valence-corrected chi connectivity index (χ2v) is 9.38. The number of ether oxygens (including phenoxy) is 1. The SMILES string of the molecule is C=CCn1c(NCCOC)nc2c(c1=O)C(C)(C)Cc1cc(C(=O)NCc3ccccc3)ccc1-2. The highest BCUT2D eigenvalue weighted by atomic mass is 16.5. The van der Waals surface area contributed by atoms with Crippen molar-refractivity contribution in [1.82, 2.24) is 14.9 Å². The van der Waals surface area contributed by atoms with Crippen LogP contribution in [0.2, 0.25) is 0 Å². The molecule has 0 spiro atoms. The van der Waals surface area contributed by atoms with Crippen molar-refractivity contribution in [3.8, 4) is 11.3 Å². The van der Waals surface area contributed by atoms with Crippen LogP contribution in [0, 0.1) is 0 Å². The van der Waals surface area contributed by atoms with E-state index in [1.807, 2.05) is 42.5 Å². The summed E-state index contributed by atoms with van der Waals surface area (Å²) in [6.07, 6.45) is 2.33. The number of anilines is 1. The highest BCUT2D eigenvalue weighted by Gasteiger charge is 2.36. The summed E-state index contributed by atoms with van der Waals surface area (Å²) in [6, 6.07) is 15.5. The van der Waals surface area contributed by atoms with Crippen molar-refractivity contribution in [2.24, 2.45) is 0 Å². The van der Waals surface area contributed by atoms with E-state index < -0.39 is 5.41 Å². The van der Waals surface area contributed by atoms with E-state index >= 15 is 0 Å². The van der Waals surface area contributed by atoms with Gasteiger partial charge in [-0.15, -0.1) is 6.58 Å². The van der Waals surface area contributed by atoms with Crippen LogP contribution in [0.4, 0.5) is 5.95 Å². The number of benzene rings is 2. The quantitative estimate of drug-likeness (QED) is 0.364. The van der Waals surface area contributed by atoms with Crippen molar-refractivity contribution in [3.63, 3.8) is 0 Å². The molecule has 1 aromatic heterocycles. The molecule has 0 radical (unpaired) electrons. The summed E-state index contributed by atoms with van der Waals surface area (Å²) in [7, 11) is 1.63. The minimum Gasteiger partial charge on any atom is -0.383 e. The van der Waals surface area contributed by atoms with Crippen LogP contribution < -0.4 is 16.2 Å². The molecule has 0 saturated heterocycles. The van der Waals surface area contributed by atoms with Gasteiger partial charge in [0.05, 0.1) is 12.3 Å². The number of hydrogen-bond donors (Lipinski definition) is 2. The first-order chi connectivity index (χ1) is 16.9. The Balaban J connectivity index is 1.71. The Morgan fingerprint density at radius 2 is 2.00 bits per heavy atom. The number of rotatable bonds is 9. The average Bonchev–Trinajstić information content (AvgIpc) is 2.84. The standard InChI is InChI=1S/C28H32N4O3/c1-5-14-32-26(34)23-24(31-27(32)29-13-15-35-4)22-12-11-20(16-21(22)17-28(23,2)3)25(33)30-18-19-9-7-6-8-10-19/h5-12,16H,1,13-15,17-18H2,2-4H3,(H,29,31)(H,30,33). The zero-order chi connectivity index (χ0) is 25.0. The maximum atomic E-state index is 13.6. The molecule has 0 saturated carbocycles. The molecule has 3 aromatic rings. The predicted octanol–water partition coefficient (Wildman–Crippen LogP) is 3.92. The molecule has 0 atom stereocenters. The van der Waals surface area contributed by atoms with E-state index in [-0.39, 0.29) is 11.5 Å². The average molecular weight is 473 g/mol. The van der Waals surface area contributed by atoms with Gasteiger partial charge in [-0.25, -0.2) is 4.98 Å². The van der Waals surface area contributed by atoms with Crippen LogP contribution >= 0.6 is 0 Å². The lowest BCUT2D eigenvalue weighted by molar-refractivity contribution is 0.0950. The number of allylic oxidation sites excluding steroid dienone is 1. The van der Waals surface area contributed by atoms with Crippen molar-refractivity contribution in [2.45, 2.75) is 38.8 Å². The van der Waals surface area contributed by atoms with Crippen molar-refractivity contribution in [1.29, 1.82) is 0 Å². The lowest BCUT2D eigenvalue weighted by atomic mass is 9.72. The second kappa shape index (κ2) is 10.3. The fourth-order valence-corrected chi connectivity index (χ4v) is 4.61. The minimum absolute atomic E-state index is 0.0739. The third kappa shape index (κ3) is 5.05. The van der Waals surface area contributed by atoms with Gasteiger partial charge in [-0.3, -0.25) is 14.2 Å². The molecule has 35 heavy (non-hydrogen) atoms. The minimum atomic E-state index is -0.445. The molecule has 1 aliphatic carbocycles. The molecular weight excluding hydrogens is 440 g/mol. The normalized spacial score (nSPS) is 13.5. The van der Waals surface area contributed by atoms with E-state index in [0.29, 0.717) is 55.4 Å². The summed E-state index contributed by atoms with van der Waals surface area (Å²) < 4.78 is 6.77. The Morgan fingerprint density at radius 1 is 1.23 bits per heavy atom. The molecule has 1 heterocycles. The number of nitrogens with zero attached hydrogens (tertiary/aromatic N) is 2. The van der Waals surface area contributed by atoms with E-state index in [1.165, 1.54) is 0 Å². The smallest absolute Gasteiger partial charge is 0.259 e. The number of fused-ring (bicyclic) bond motifs is 3. The third-order valence-corrected chi connectivity index (χ3v) is 6.30. The van der Waals surface area contributed by atoms with Crippen LogP contribution in [0.15, 0.2) is 66.0 Å². The zero-order valence-electron chi connectivity index (χ0n) is 20.6. The molecular formula is C28H32N4O3. The highest BCUT2D eigenvalue weighted by Crippen LogP contribution is 2.41. The molecule has 0 bridgehead atoms. The molecule has 0 unspecified atom stereocenters. The number of methoxy groups -OCH3 is 1. The maximum absolute atomic E-state index is 13.6. The van der Waals surface area contributed by atoms with Crippen molar-refractivity contribution < 1.29 is 9.53 Å². The van der Waals surface area contributed by atoms with Gasteiger partial charge in [-0.1, -0.05) is 56.3 Å². The maximum Gasteiger partial charge on any atom is 0.259 e.